The van der Waals surface area contributed by atoms with Crippen molar-refractivity contribution in [2.45, 2.75) is 44.6 Å². The molecule has 0 radical (unpaired) electrons. The summed E-state index contributed by atoms with van der Waals surface area (Å²) >= 11 is 6.15. The fourth-order valence-corrected chi connectivity index (χ4v) is 4.51. The molecular formula is C23H24ClF3N2O2. The minimum atomic E-state index is -4.39. The van der Waals surface area contributed by atoms with E-state index in [0.717, 1.165) is 36.4 Å². The first-order valence-electron chi connectivity index (χ1n) is 10.4. The molecule has 4 nitrogen and oxygen atoms in total. The lowest BCUT2D eigenvalue weighted by atomic mass is 10.1. The number of amides is 1. The fourth-order valence-electron chi connectivity index (χ4n) is 4.32. The summed E-state index contributed by atoms with van der Waals surface area (Å²) in [6, 6.07) is 11.0. The number of likely N-dealkylation sites (tertiary alicyclic amines) is 1. The van der Waals surface area contributed by atoms with Crippen molar-refractivity contribution in [2.24, 2.45) is 0 Å². The Bertz CT molecular complexity index is 951. The Kier molecular flexibility index (Phi) is 6.44. The van der Waals surface area contributed by atoms with Crippen LogP contribution in [-0.4, -0.2) is 41.4 Å². The Morgan fingerprint density at radius 3 is 2.74 bits per heavy atom. The average molecular weight is 453 g/mol. The number of rotatable bonds is 3. The number of hydrogen-bond acceptors (Lipinski definition) is 3. The van der Waals surface area contributed by atoms with Crippen LogP contribution in [0.4, 0.5) is 13.2 Å². The second kappa shape index (κ2) is 9.09. The molecule has 4 rings (SSSR count). The van der Waals surface area contributed by atoms with E-state index in [2.05, 4.69) is 4.90 Å². The topological polar surface area (TPSA) is 32.8 Å². The Morgan fingerprint density at radius 1 is 1.10 bits per heavy atom. The van der Waals surface area contributed by atoms with Gasteiger partial charge in [0.05, 0.1) is 5.56 Å². The summed E-state index contributed by atoms with van der Waals surface area (Å²) in [5.74, 6) is 0.817. The van der Waals surface area contributed by atoms with E-state index in [0.29, 0.717) is 43.1 Å². The summed E-state index contributed by atoms with van der Waals surface area (Å²) in [5.41, 5.74) is 0.835. The molecule has 166 valence electrons. The standard InChI is InChI=1S/C23H24ClF3N2O2/c24-19-4-6-21-17(13-19)15-28(10-11-31-21)20-5-7-22(30)29(9-8-20)14-16-2-1-3-18(12-16)23(25,26)27/h1-4,6,12-13,20H,5,7-11,14-15H2. The van der Waals surface area contributed by atoms with Crippen LogP contribution in [0.2, 0.25) is 5.02 Å². The van der Waals surface area contributed by atoms with Crippen molar-refractivity contribution >= 4 is 17.5 Å². The normalized spacial score (nSPS) is 20.6. The van der Waals surface area contributed by atoms with Crippen molar-refractivity contribution in [1.29, 1.82) is 0 Å². The molecule has 2 aliphatic rings. The average Bonchev–Trinajstić information content (AvgIpc) is 3.04. The van der Waals surface area contributed by atoms with Gasteiger partial charge in [0.25, 0.3) is 0 Å². The second-order valence-corrected chi connectivity index (χ2v) is 8.50. The summed E-state index contributed by atoms with van der Waals surface area (Å²) in [7, 11) is 0. The van der Waals surface area contributed by atoms with Gasteiger partial charge in [0.2, 0.25) is 5.91 Å². The van der Waals surface area contributed by atoms with Gasteiger partial charge in [-0.2, -0.15) is 13.2 Å². The van der Waals surface area contributed by atoms with Crippen LogP contribution in [-0.2, 0) is 24.1 Å². The van der Waals surface area contributed by atoms with E-state index >= 15 is 0 Å². The third-order valence-electron chi connectivity index (χ3n) is 5.95. The molecular weight excluding hydrogens is 429 g/mol. The quantitative estimate of drug-likeness (QED) is 0.647. The first-order valence-corrected chi connectivity index (χ1v) is 10.8. The Morgan fingerprint density at radius 2 is 1.94 bits per heavy atom. The number of halogens is 4. The van der Waals surface area contributed by atoms with Crippen molar-refractivity contribution in [3.05, 3.63) is 64.2 Å². The monoisotopic (exact) mass is 452 g/mol. The third kappa shape index (κ3) is 5.33. The van der Waals surface area contributed by atoms with Crippen LogP contribution >= 0.6 is 11.6 Å². The van der Waals surface area contributed by atoms with Crippen molar-refractivity contribution in [1.82, 2.24) is 9.80 Å². The zero-order chi connectivity index (χ0) is 22.0. The molecule has 1 unspecified atom stereocenters. The highest BCUT2D eigenvalue weighted by molar-refractivity contribution is 6.30. The maximum absolute atomic E-state index is 13.0. The van der Waals surface area contributed by atoms with Crippen molar-refractivity contribution in [2.75, 3.05) is 19.7 Å². The van der Waals surface area contributed by atoms with E-state index < -0.39 is 11.7 Å². The molecule has 0 bridgehead atoms. The van der Waals surface area contributed by atoms with Crippen molar-refractivity contribution in [3.63, 3.8) is 0 Å². The van der Waals surface area contributed by atoms with Gasteiger partial charge < -0.3 is 9.64 Å². The maximum atomic E-state index is 13.0. The number of alkyl halides is 3. The number of carbonyl (C=O) groups is 1. The molecule has 0 spiro atoms. The number of fused-ring (bicyclic) bond motifs is 1. The fraction of sp³-hybridized carbons (Fsp3) is 0.435. The summed E-state index contributed by atoms with van der Waals surface area (Å²) in [6.45, 7) is 2.71. The molecule has 1 atom stereocenters. The lowest BCUT2D eigenvalue weighted by molar-refractivity contribution is -0.137. The van der Waals surface area contributed by atoms with Crippen LogP contribution in [0.15, 0.2) is 42.5 Å². The van der Waals surface area contributed by atoms with Gasteiger partial charge in [-0.3, -0.25) is 9.69 Å². The highest BCUT2D eigenvalue weighted by Crippen LogP contribution is 2.31. The lowest BCUT2D eigenvalue weighted by Crippen LogP contribution is -2.37. The Balaban J connectivity index is 1.43. The smallest absolute Gasteiger partial charge is 0.416 e. The van der Waals surface area contributed by atoms with Crippen molar-refractivity contribution in [3.8, 4) is 5.75 Å². The second-order valence-electron chi connectivity index (χ2n) is 8.07. The number of ether oxygens (including phenoxy) is 1. The molecule has 1 fully saturated rings. The zero-order valence-electron chi connectivity index (χ0n) is 17.0. The molecule has 0 aliphatic carbocycles. The summed E-state index contributed by atoms with van der Waals surface area (Å²) in [4.78, 5) is 16.7. The Hall–Kier alpha value is -2.25. The molecule has 8 heteroatoms. The molecule has 0 aromatic heterocycles. The van der Waals surface area contributed by atoms with E-state index in [4.69, 9.17) is 16.3 Å². The van der Waals surface area contributed by atoms with Crippen LogP contribution in [0.3, 0.4) is 0 Å². The van der Waals surface area contributed by atoms with Crippen LogP contribution in [0, 0.1) is 0 Å². The van der Waals surface area contributed by atoms with Gasteiger partial charge in [0.15, 0.2) is 0 Å². The van der Waals surface area contributed by atoms with Gasteiger partial charge in [0.1, 0.15) is 12.4 Å². The van der Waals surface area contributed by atoms with E-state index in [-0.39, 0.29) is 18.5 Å². The minimum Gasteiger partial charge on any atom is -0.492 e. The van der Waals surface area contributed by atoms with E-state index in [1.165, 1.54) is 6.07 Å². The highest BCUT2D eigenvalue weighted by Gasteiger charge is 2.31. The van der Waals surface area contributed by atoms with E-state index in [1.54, 1.807) is 11.0 Å². The first-order chi connectivity index (χ1) is 14.8. The van der Waals surface area contributed by atoms with Crippen LogP contribution in [0.1, 0.15) is 36.0 Å². The molecule has 2 heterocycles. The number of hydrogen-bond donors (Lipinski definition) is 0. The molecule has 2 aromatic carbocycles. The molecule has 2 aromatic rings. The SMILES string of the molecule is O=C1CCC(N2CCOc3ccc(Cl)cc3C2)CCN1Cc1cccc(C(F)(F)F)c1. The number of carbonyl (C=O) groups excluding carboxylic acids is 1. The number of benzene rings is 2. The van der Waals surface area contributed by atoms with Crippen molar-refractivity contribution < 1.29 is 22.7 Å². The minimum absolute atomic E-state index is 0.0190. The maximum Gasteiger partial charge on any atom is 0.416 e. The molecule has 0 N–H and O–H groups in total. The molecule has 2 aliphatic heterocycles. The van der Waals surface area contributed by atoms with Crippen LogP contribution < -0.4 is 4.74 Å². The zero-order valence-corrected chi connectivity index (χ0v) is 17.8. The van der Waals surface area contributed by atoms with E-state index in [9.17, 15) is 18.0 Å². The van der Waals surface area contributed by atoms with Gasteiger partial charge >= 0.3 is 6.18 Å². The summed E-state index contributed by atoms with van der Waals surface area (Å²) in [5, 5.41) is 0.660. The molecule has 1 saturated heterocycles. The highest BCUT2D eigenvalue weighted by atomic mass is 35.5. The number of nitrogens with zero attached hydrogens (tertiary/aromatic N) is 2. The molecule has 1 amide bonds. The van der Waals surface area contributed by atoms with Gasteiger partial charge in [-0.05, 0) is 48.7 Å². The third-order valence-corrected chi connectivity index (χ3v) is 6.19. The van der Waals surface area contributed by atoms with Gasteiger partial charge in [-0.1, -0.05) is 23.7 Å². The van der Waals surface area contributed by atoms with E-state index in [1.807, 2.05) is 18.2 Å². The molecule has 31 heavy (non-hydrogen) atoms. The Labute approximate surface area is 184 Å². The predicted molar refractivity (Wildman–Crippen MR) is 112 cm³/mol. The van der Waals surface area contributed by atoms with Crippen LogP contribution in [0.5, 0.6) is 5.75 Å². The molecule has 0 saturated carbocycles. The summed E-state index contributed by atoms with van der Waals surface area (Å²) < 4.78 is 44.9. The van der Waals surface area contributed by atoms with Gasteiger partial charge in [0, 0.05) is 49.2 Å². The van der Waals surface area contributed by atoms with Gasteiger partial charge in [-0.25, -0.2) is 0 Å². The summed E-state index contributed by atoms with van der Waals surface area (Å²) in [6.07, 6.45) is -2.53. The van der Waals surface area contributed by atoms with Crippen LogP contribution in [0.25, 0.3) is 0 Å². The van der Waals surface area contributed by atoms with Gasteiger partial charge in [-0.15, -0.1) is 0 Å². The predicted octanol–water partition coefficient (Wildman–Crippen LogP) is 5.13. The largest absolute Gasteiger partial charge is 0.492 e. The first kappa shape index (κ1) is 22.0. The lowest BCUT2D eigenvalue weighted by Gasteiger charge is -2.29.